The van der Waals surface area contributed by atoms with Gasteiger partial charge in [0.2, 0.25) is 5.91 Å². The van der Waals surface area contributed by atoms with Crippen molar-refractivity contribution in [1.82, 2.24) is 15.2 Å². The van der Waals surface area contributed by atoms with E-state index in [2.05, 4.69) is 10.3 Å². The highest BCUT2D eigenvalue weighted by molar-refractivity contribution is 8.16. The van der Waals surface area contributed by atoms with E-state index in [1.165, 1.54) is 11.8 Å². The van der Waals surface area contributed by atoms with Crippen LogP contribution in [0.5, 0.6) is 11.5 Å². The summed E-state index contributed by atoms with van der Waals surface area (Å²) in [6, 6.07) is 18.2. The van der Waals surface area contributed by atoms with Crippen molar-refractivity contribution in [1.29, 1.82) is 0 Å². The Morgan fingerprint density at radius 1 is 1.02 bits per heavy atom. The normalized spacial score (nSPS) is 16.0. The number of fused-ring (bicyclic) bond motifs is 1. The minimum absolute atomic E-state index is 0.0901. The minimum Gasteiger partial charge on any atom is -0.493 e. The van der Waals surface area contributed by atoms with E-state index in [0.717, 1.165) is 16.7 Å². The molecule has 2 aliphatic rings. The van der Waals surface area contributed by atoms with Gasteiger partial charge < -0.3 is 24.4 Å². The molecule has 5 rings (SSSR count). The van der Waals surface area contributed by atoms with Crippen molar-refractivity contribution in [3.05, 3.63) is 106 Å². The van der Waals surface area contributed by atoms with Crippen molar-refractivity contribution >= 4 is 34.5 Å². The second-order valence-electron chi connectivity index (χ2n) is 9.17. The molecule has 3 heterocycles. The van der Waals surface area contributed by atoms with Crippen LogP contribution in [0.3, 0.4) is 0 Å². The number of carbonyl (C=O) groups is 2. The predicted octanol–water partition coefficient (Wildman–Crippen LogP) is 5.08. The average Bonchev–Trinajstić information content (AvgIpc) is 3.41. The van der Waals surface area contributed by atoms with Crippen molar-refractivity contribution < 1.29 is 23.8 Å². The van der Waals surface area contributed by atoms with Crippen LogP contribution in [0, 0.1) is 0 Å². The molecule has 9 nitrogen and oxygen atoms in total. The van der Waals surface area contributed by atoms with E-state index in [0.29, 0.717) is 40.2 Å². The summed E-state index contributed by atoms with van der Waals surface area (Å²) in [5.41, 5.74) is 4.06. The van der Waals surface area contributed by atoms with E-state index >= 15 is 0 Å². The Kier molecular flexibility index (Phi) is 8.69. The first kappa shape index (κ1) is 28.0. The number of rotatable bonds is 10. The highest BCUT2D eigenvalue weighted by Gasteiger charge is 2.42. The lowest BCUT2D eigenvalue weighted by atomic mass is 9.91. The van der Waals surface area contributed by atoms with Crippen molar-refractivity contribution in [3.63, 3.8) is 0 Å². The van der Waals surface area contributed by atoms with Crippen LogP contribution in [0.1, 0.15) is 36.1 Å². The van der Waals surface area contributed by atoms with Crippen LogP contribution in [0.25, 0.3) is 5.70 Å². The summed E-state index contributed by atoms with van der Waals surface area (Å²) in [5.74, 6) is 0.437. The Bertz CT molecular complexity index is 1520. The molecule has 41 heavy (non-hydrogen) atoms. The Balaban J connectivity index is 1.57. The number of esters is 1. The number of amides is 1. The molecule has 0 aliphatic carbocycles. The van der Waals surface area contributed by atoms with Crippen LogP contribution in [-0.4, -0.2) is 47.8 Å². The van der Waals surface area contributed by atoms with Crippen molar-refractivity contribution in [2.75, 3.05) is 20.8 Å². The smallest absolute Gasteiger partial charge is 0.338 e. The number of amidine groups is 1. The third-order valence-corrected chi connectivity index (χ3v) is 7.52. The first-order valence-corrected chi connectivity index (χ1v) is 14.0. The van der Waals surface area contributed by atoms with Crippen molar-refractivity contribution in [2.24, 2.45) is 4.99 Å². The Morgan fingerprint density at radius 2 is 1.83 bits per heavy atom. The summed E-state index contributed by atoms with van der Waals surface area (Å²) in [6.07, 6.45) is 3.50. The number of pyridine rings is 1. The molecule has 0 spiro atoms. The first-order chi connectivity index (χ1) is 20.0. The van der Waals surface area contributed by atoms with Gasteiger partial charge in [-0.1, -0.05) is 54.2 Å². The number of aromatic nitrogens is 1. The van der Waals surface area contributed by atoms with Gasteiger partial charge >= 0.3 is 5.97 Å². The Morgan fingerprint density at radius 3 is 2.54 bits per heavy atom. The number of aliphatic imine (C=N–C) groups is 1. The number of nitrogens with zero attached hydrogens (tertiary/aromatic N) is 3. The molecular weight excluding hydrogens is 540 g/mol. The lowest BCUT2D eigenvalue weighted by Gasteiger charge is -2.37. The fraction of sp³-hybridized carbons (Fsp3) is 0.226. The van der Waals surface area contributed by atoms with Gasteiger partial charge in [0.15, 0.2) is 16.7 Å². The molecule has 1 N–H and O–H groups in total. The van der Waals surface area contributed by atoms with Gasteiger partial charge in [-0.15, -0.1) is 0 Å². The van der Waals surface area contributed by atoms with E-state index in [-0.39, 0.29) is 18.9 Å². The fourth-order valence-corrected chi connectivity index (χ4v) is 5.68. The van der Waals surface area contributed by atoms with Crippen LogP contribution in [0.4, 0.5) is 0 Å². The van der Waals surface area contributed by atoms with Gasteiger partial charge in [0.1, 0.15) is 0 Å². The SMILES string of the molecule is CCOC(=O)C1=C(c2ccccc2)N=C2SC=C(CC(=O)NCc3cccnc3)N2[C@@H]1c1ccc(OC)c(OC)c1. The maximum absolute atomic E-state index is 13.7. The predicted molar refractivity (Wildman–Crippen MR) is 158 cm³/mol. The second-order valence-corrected chi connectivity index (χ2v) is 10.0. The van der Waals surface area contributed by atoms with Crippen LogP contribution >= 0.6 is 11.8 Å². The number of carbonyl (C=O) groups excluding carboxylic acids is 2. The Labute approximate surface area is 242 Å². The summed E-state index contributed by atoms with van der Waals surface area (Å²) in [7, 11) is 3.14. The lowest BCUT2D eigenvalue weighted by Crippen LogP contribution is -2.38. The number of hydrogen-bond donors (Lipinski definition) is 1. The minimum atomic E-state index is -0.635. The summed E-state index contributed by atoms with van der Waals surface area (Å²) < 4.78 is 16.6. The molecule has 0 saturated heterocycles. The summed E-state index contributed by atoms with van der Waals surface area (Å²) in [5, 5.41) is 5.53. The van der Waals surface area contributed by atoms with Gasteiger partial charge in [0.25, 0.3) is 0 Å². The third kappa shape index (κ3) is 5.97. The molecule has 0 radical (unpaired) electrons. The van der Waals surface area contributed by atoms with Gasteiger partial charge in [-0.3, -0.25) is 9.78 Å². The molecule has 0 unspecified atom stereocenters. The summed E-state index contributed by atoms with van der Waals surface area (Å²) in [4.78, 5) is 37.7. The highest BCUT2D eigenvalue weighted by Crippen LogP contribution is 2.48. The zero-order valence-corrected chi connectivity index (χ0v) is 23.8. The van der Waals surface area contributed by atoms with Crippen LogP contribution in [0.2, 0.25) is 0 Å². The van der Waals surface area contributed by atoms with Crippen LogP contribution in [0.15, 0.2) is 94.7 Å². The van der Waals surface area contributed by atoms with Crippen molar-refractivity contribution in [3.8, 4) is 11.5 Å². The zero-order valence-electron chi connectivity index (χ0n) is 23.0. The van der Waals surface area contributed by atoms with Gasteiger partial charge in [-0.25, -0.2) is 9.79 Å². The van der Waals surface area contributed by atoms with E-state index in [1.807, 2.05) is 64.9 Å². The van der Waals surface area contributed by atoms with Crippen LogP contribution in [-0.2, 0) is 20.9 Å². The van der Waals surface area contributed by atoms with Gasteiger partial charge in [-0.05, 0) is 41.7 Å². The second kappa shape index (κ2) is 12.7. The number of ether oxygens (including phenoxy) is 3. The number of hydrogen-bond acceptors (Lipinski definition) is 9. The quantitative estimate of drug-likeness (QED) is 0.337. The molecule has 1 atom stereocenters. The zero-order chi connectivity index (χ0) is 28.8. The summed E-state index contributed by atoms with van der Waals surface area (Å²) in [6.45, 7) is 2.33. The monoisotopic (exact) mass is 570 g/mol. The maximum Gasteiger partial charge on any atom is 0.338 e. The number of thioether (sulfide) groups is 1. The molecule has 1 aromatic heterocycles. The molecule has 3 aromatic rings. The lowest BCUT2D eigenvalue weighted by molar-refractivity contribution is -0.139. The number of nitrogens with one attached hydrogen (secondary N) is 1. The van der Waals surface area contributed by atoms with Gasteiger partial charge in [0.05, 0.1) is 44.6 Å². The molecule has 210 valence electrons. The number of methoxy groups -OCH3 is 2. The van der Waals surface area contributed by atoms with E-state index < -0.39 is 12.0 Å². The Hall–Kier alpha value is -4.57. The number of benzene rings is 2. The third-order valence-electron chi connectivity index (χ3n) is 6.63. The average molecular weight is 571 g/mol. The molecule has 10 heteroatoms. The molecule has 0 saturated carbocycles. The molecule has 2 aliphatic heterocycles. The fourth-order valence-electron chi connectivity index (χ4n) is 4.76. The molecular formula is C31H30N4O5S. The standard InChI is InChI=1S/C31H30N4O5S/c1-4-40-30(37)27-28(21-10-6-5-7-11-21)34-31-35(29(27)22-12-13-24(38-2)25(15-22)39-3)23(19-41-31)16-26(36)33-18-20-9-8-14-32-17-20/h5-15,17,19,29H,4,16,18H2,1-3H3,(H,33,36)/t29-/m1/s1. The largest absolute Gasteiger partial charge is 0.493 e. The van der Waals surface area contributed by atoms with Gasteiger partial charge in [-0.2, -0.15) is 0 Å². The summed E-state index contributed by atoms with van der Waals surface area (Å²) >= 11 is 1.41. The van der Waals surface area contributed by atoms with Gasteiger partial charge in [0, 0.05) is 30.2 Å². The molecule has 2 aromatic carbocycles. The molecule has 0 bridgehead atoms. The van der Waals surface area contributed by atoms with E-state index in [4.69, 9.17) is 19.2 Å². The molecule has 1 amide bonds. The highest BCUT2D eigenvalue weighted by atomic mass is 32.2. The maximum atomic E-state index is 13.7. The van der Waals surface area contributed by atoms with E-state index in [1.54, 1.807) is 39.6 Å². The first-order valence-electron chi connectivity index (χ1n) is 13.1. The topological polar surface area (TPSA) is 102 Å². The van der Waals surface area contributed by atoms with Crippen molar-refractivity contribution in [2.45, 2.75) is 25.9 Å². The molecule has 0 fully saturated rings. The van der Waals surface area contributed by atoms with E-state index in [9.17, 15) is 9.59 Å². The van der Waals surface area contributed by atoms with Crippen LogP contribution < -0.4 is 14.8 Å².